The van der Waals surface area contributed by atoms with E-state index in [1.54, 1.807) is 24.3 Å². The van der Waals surface area contributed by atoms with Gasteiger partial charge in [0.05, 0.1) is 17.2 Å². The van der Waals surface area contributed by atoms with Crippen LogP contribution in [0.4, 0.5) is 8.78 Å². The molecule has 0 saturated carbocycles. The highest BCUT2D eigenvalue weighted by Crippen LogP contribution is 2.26. The standard InChI is InChI=1S/C18H12ClF2NO3/c1-2-24-11-5-3-4-10(6-11)7-16-18(23)25-17(22-16)12-8-14(20)15(21)9-13(12)19/h3-9H,2H2,1H3/b16-7+. The number of ether oxygens (including phenoxy) is 2. The van der Waals surface area contributed by atoms with Crippen LogP contribution in [0.15, 0.2) is 47.1 Å². The third-order valence-corrected chi connectivity index (χ3v) is 3.65. The fourth-order valence-electron chi connectivity index (χ4n) is 2.23. The van der Waals surface area contributed by atoms with E-state index >= 15 is 0 Å². The second-order valence-corrected chi connectivity index (χ2v) is 5.49. The highest BCUT2D eigenvalue weighted by molar-refractivity contribution is 6.34. The number of rotatable bonds is 4. The van der Waals surface area contributed by atoms with Crippen LogP contribution in [0.3, 0.4) is 0 Å². The van der Waals surface area contributed by atoms with Crippen LogP contribution in [-0.2, 0) is 9.53 Å². The molecule has 1 aliphatic heterocycles. The molecule has 7 heteroatoms. The first-order valence-electron chi connectivity index (χ1n) is 7.38. The van der Waals surface area contributed by atoms with Crippen LogP contribution in [0.2, 0.25) is 5.02 Å². The first kappa shape index (κ1) is 17.1. The molecule has 0 radical (unpaired) electrons. The number of nitrogens with zero attached hydrogens (tertiary/aromatic N) is 1. The Morgan fingerprint density at radius 1 is 1.24 bits per heavy atom. The molecule has 0 aromatic heterocycles. The molecule has 128 valence electrons. The molecule has 0 bridgehead atoms. The Bertz CT molecular complexity index is 909. The first-order chi connectivity index (χ1) is 12.0. The number of hydrogen-bond acceptors (Lipinski definition) is 4. The number of carbonyl (C=O) groups excluding carboxylic acids is 1. The zero-order chi connectivity index (χ0) is 18.0. The van der Waals surface area contributed by atoms with Gasteiger partial charge in [-0.1, -0.05) is 23.7 Å². The van der Waals surface area contributed by atoms with Crippen LogP contribution in [0.5, 0.6) is 5.75 Å². The zero-order valence-corrected chi connectivity index (χ0v) is 13.8. The number of hydrogen-bond donors (Lipinski definition) is 0. The predicted octanol–water partition coefficient (Wildman–Crippen LogP) is 4.36. The molecular weight excluding hydrogens is 352 g/mol. The minimum absolute atomic E-state index is 0.000355. The van der Waals surface area contributed by atoms with Gasteiger partial charge in [0.25, 0.3) is 0 Å². The Kier molecular flexibility index (Phi) is 4.81. The predicted molar refractivity (Wildman–Crippen MR) is 89.6 cm³/mol. The lowest BCUT2D eigenvalue weighted by molar-refractivity contribution is -0.129. The van der Waals surface area contributed by atoms with Crippen molar-refractivity contribution in [1.82, 2.24) is 0 Å². The number of esters is 1. The summed E-state index contributed by atoms with van der Waals surface area (Å²) in [7, 11) is 0. The van der Waals surface area contributed by atoms with Crippen LogP contribution in [0.1, 0.15) is 18.1 Å². The third kappa shape index (κ3) is 3.69. The fourth-order valence-corrected chi connectivity index (χ4v) is 2.46. The SMILES string of the molecule is CCOc1cccc(/C=C2/N=C(c3cc(F)c(F)cc3Cl)OC2=O)c1. The van der Waals surface area contributed by atoms with E-state index in [0.717, 1.165) is 12.1 Å². The van der Waals surface area contributed by atoms with Crippen LogP contribution in [0, 0.1) is 11.6 Å². The van der Waals surface area contributed by atoms with Gasteiger partial charge < -0.3 is 9.47 Å². The highest BCUT2D eigenvalue weighted by atomic mass is 35.5. The molecule has 3 rings (SSSR count). The van der Waals surface area contributed by atoms with Gasteiger partial charge in [-0.25, -0.2) is 18.6 Å². The van der Waals surface area contributed by atoms with Crippen molar-refractivity contribution in [1.29, 1.82) is 0 Å². The van der Waals surface area contributed by atoms with E-state index in [-0.39, 0.29) is 22.2 Å². The van der Waals surface area contributed by atoms with E-state index in [4.69, 9.17) is 21.1 Å². The largest absolute Gasteiger partial charge is 0.494 e. The summed E-state index contributed by atoms with van der Waals surface area (Å²) in [5.74, 6) is -2.45. The minimum atomic E-state index is -1.11. The Balaban J connectivity index is 1.95. The maximum atomic E-state index is 13.4. The van der Waals surface area contributed by atoms with Crippen molar-refractivity contribution < 1.29 is 23.0 Å². The van der Waals surface area contributed by atoms with Gasteiger partial charge >= 0.3 is 5.97 Å². The van der Waals surface area contributed by atoms with Gasteiger partial charge in [-0.3, -0.25) is 0 Å². The topological polar surface area (TPSA) is 47.9 Å². The Labute approximate surface area is 147 Å². The smallest absolute Gasteiger partial charge is 0.363 e. The molecule has 0 aliphatic carbocycles. The summed E-state index contributed by atoms with van der Waals surface area (Å²) in [6, 6.07) is 8.70. The van der Waals surface area contributed by atoms with E-state index in [1.165, 1.54) is 6.08 Å². The fraction of sp³-hybridized carbons (Fsp3) is 0.111. The van der Waals surface area contributed by atoms with E-state index in [9.17, 15) is 13.6 Å². The maximum Gasteiger partial charge on any atom is 0.363 e. The monoisotopic (exact) mass is 363 g/mol. The molecule has 0 amide bonds. The summed E-state index contributed by atoms with van der Waals surface area (Å²) in [6.45, 7) is 2.38. The van der Waals surface area contributed by atoms with Gasteiger partial charge in [-0.15, -0.1) is 0 Å². The molecule has 1 aliphatic rings. The molecule has 25 heavy (non-hydrogen) atoms. The van der Waals surface area contributed by atoms with E-state index in [1.807, 2.05) is 6.92 Å². The first-order valence-corrected chi connectivity index (χ1v) is 7.76. The number of benzene rings is 2. The van der Waals surface area contributed by atoms with Crippen molar-refractivity contribution in [3.8, 4) is 5.75 Å². The second-order valence-electron chi connectivity index (χ2n) is 5.09. The van der Waals surface area contributed by atoms with Gasteiger partial charge in [0.1, 0.15) is 5.75 Å². The summed E-state index contributed by atoms with van der Waals surface area (Å²) >= 11 is 5.88. The Morgan fingerprint density at radius 2 is 2.00 bits per heavy atom. The molecule has 1 heterocycles. The average Bonchev–Trinajstić information content (AvgIpc) is 2.92. The number of cyclic esters (lactones) is 1. The normalized spacial score (nSPS) is 15.3. The number of halogens is 3. The van der Waals surface area contributed by atoms with Gasteiger partial charge in [0.2, 0.25) is 5.90 Å². The molecule has 0 N–H and O–H groups in total. The molecule has 2 aromatic carbocycles. The number of aliphatic imine (C=N–C) groups is 1. The quantitative estimate of drug-likeness (QED) is 0.460. The molecule has 0 spiro atoms. The van der Waals surface area contributed by atoms with Crippen molar-refractivity contribution in [3.05, 3.63) is 69.9 Å². The van der Waals surface area contributed by atoms with Crippen molar-refractivity contribution in [2.75, 3.05) is 6.61 Å². The third-order valence-electron chi connectivity index (χ3n) is 3.33. The van der Waals surface area contributed by atoms with Crippen LogP contribution < -0.4 is 4.74 Å². The van der Waals surface area contributed by atoms with E-state index in [0.29, 0.717) is 17.9 Å². The molecular formula is C18H12ClF2NO3. The summed E-state index contributed by atoms with van der Waals surface area (Å²) in [5.41, 5.74) is 0.698. The lowest BCUT2D eigenvalue weighted by atomic mass is 10.2. The second kappa shape index (κ2) is 7.03. The van der Waals surface area contributed by atoms with Gasteiger partial charge in [-0.05, 0) is 42.8 Å². The van der Waals surface area contributed by atoms with Crippen molar-refractivity contribution >= 4 is 29.5 Å². The zero-order valence-electron chi connectivity index (χ0n) is 13.1. The number of carbonyl (C=O) groups is 1. The molecule has 0 unspecified atom stereocenters. The van der Waals surface area contributed by atoms with Crippen molar-refractivity contribution in [2.24, 2.45) is 4.99 Å². The van der Waals surface area contributed by atoms with Gasteiger partial charge in [0.15, 0.2) is 17.3 Å². The highest BCUT2D eigenvalue weighted by Gasteiger charge is 2.26. The molecule has 0 atom stereocenters. The summed E-state index contributed by atoms with van der Waals surface area (Å²) in [5, 5.41) is -0.106. The van der Waals surface area contributed by atoms with Crippen LogP contribution >= 0.6 is 11.6 Å². The Morgan fingerprint density at radius 3 is 2.76 bits per heavy atom. The van der Waals surface area contributed by atoms with Crippen LogP contribution in [-0.4, -0.2) is 18.5 Å². The van der Waals surface area contributed by atoms with E-state index in [2.05, 4.69) is 4.99 Å². The molecule has 0 saturated heterocycles. The minimum Gasteiger partial charge on any atom is -0.494 e. The van der Waals surface area contributed by atoms with Gasteiger partial charge in [-0.2, -0.15) is 0 Å². The average molecular weight is 364 g/mol. The lowest BCUT2D eigenvalue weighted by Crippen LogP contribution is -2.07. The molecule has 4 nitrogen and oxygen atoms in total. The summed E-state index contributed by atoms with van der Waals surface area (Å²) in [4.78, 5) is 16.0. The molecule has 0 fully saturated rings. The van der Waals surface area contributed by atoms with Crippen molar-refractivity contribution in [3.63, 3.8) is 0 Å². The summed E-state index contributed by atoms with van der Waals surface area (Å²) < 4.78 is 37.0. The maximum absolute atomic E-state index is 13.4. The van der Waals surface area contributed by atoms with Gasteiger partial charge in [0, 0.05) is 0 Å². The van der Waals surface area contributed by atoms with Crippen LogP contribution in [0.25, 0.3) is 6.08 Å². The Hall–Kier alpha value is -2.73. The van der Waals surface area contributed by atoms with Crippen molar-refractivity contribution in [2.45, 2.75) is 6.92 Å². The van der Waals surface area contributed by atoms with E-state index < -0.39 is 17.6 Å². The lowest BCUT2D eigenvalue weighted by Gasteiger charge is -2.03. The summed E-state index contributed by atoms with van der Waals surface area (Å²) in [6.07, 6.45) is 1.51. The molecule has 2 aromatic rings.